The van der Waals surface area contributed by atoms with Crippen molar-refractivity contribution in [2.45, 2.75) is 20.0 Å². The zero-order valence-corrected chi connectivity index (χ0v) is 9.11. The lowest BCUT2D eigenvalue weighted by atomic mass is 10.5. The molecular formula is C9H11ClN4O. The monoisotopic (exact) mass is 226 g/mol. The van der Waals surface area contributed by atoms with E-state index in [4.69, 9.17) is 16.3 Å². The molecule has 0 fully saturated rings. The standard InChI is InChI=1S/C9H11ClN4O/c1-2-5-15-6-9-12-11-8-4-3-7(10)13-14(8)9/h3-4H,2,5-6H2,1H3. The Morgan fingerprint density at radius 3 is 3.07 bits per heavy atom. The van der Waals surface area contributed by atoms with Gasteiger partial charge in [0, 0.05) is 6.61 Å². The first-order valence-corrected chi connectivity index (χ1v) is 5.13. The Bertz CT molecular complexity index is 456. The Hall–Kier alpha value is -1.20. The van der Waals surface area contributed by atoms with Crippen molar-refractivity contribution in [1.82, 2.24) is 19.8 Å². The molecule has 0 aliphatic carbocycles. The van der Waals surface area contributed by atoms with Gasteiger partial charge in [0.2, 0.25) is 0 Å². The summed E-state index contributed by atoms with van der Waals surface area (Å²) in [4.78, 5) is 0. The molecule has 0 amide bonds. The lowest BCUT2D eigenvalue weighted by molar-refractivity contribution is 0.114. The van der Waals surface area contributed by atoms with Crippen LogP contribution in [0.5, 0.6) is 0 Å². The van der Waals surface area contributed by atoms with Crippen molar-refractivity contribution in [2.75, 3.05) is 6.61 Å². The summed E-state index contributed by atoms with van der Waals surface area (Å²) < 4.78 is 6.96. The van der Waals surface area contributed by atoms with Crippen molar-refractivity contribution in [3.63, 3.8) is 0 Å². The van der Waals surface area contributed by atoms with E-state index in [1.807, 2.05) is 0 Å². The highest BCUT2D eigenvalue weighted by atomic mass is 35.5. The fourth-order valence-electron chi connectivity index (χ4n) is 1.21. The minimum Gasteiger partial charge on any atom is -0.373 e. The largest absolute Gasteiger partial charge is 0.373 e. The van der Waals surface area contributed by atoms with Crippen molar-refractivity contribution in [3.8, 4) is 0 Å². The van der Waals surface area contributed by atoms with Gasteiger partial charge in [-0.25, -0.2) is 0 Å². The average Bonchev–Trinajstić information content (AvgIpc) is 2.62. The molecule has 2 aromatic rings. The summed E-state index contributed by atoms with van der Waals surface area (Å²) in [5.74, 6) is 0.668. The number of ether oxygens (including phenoxy) is 1. The highest BCUT2D eigenvalue weighted by Crippen LogP contribution is 2.07. The summed E-state index contributed by atoms with van der Waals surface area (Å²) in [7, 11) is 0. The number of nitrogens with zero attached hydrogens (tertiary/aromatic N) is 4. The molecule has 0 aliphatic heterocycles. The van der Waals surface area contributed by atoms with Crippen molar-refractivity contribution >= 4 is 17.2 Å². The highest BCUT2D eigenvalue weighted by Gasteiger charge is 2.06. The quantitative estimate of drug-likeness (QED) is 0.745. The van der Waals surface area contributed by atoms with E-state index in [9.17, 15) is 0 Å². The Kier molecular flexibility index (Phi) is 3.13. The fourth-order valence-corrected chi connectivity index (χ4v) is 1.35. The second-order valence-corrected chi connectivity index (χ2v) is 3.48. The lowest BCUT2D eigenvalue weighted by Gasteiger charge is -2.00. The summed E-state index contributed by atoms with van der Waals surface area (Å²) in [5.41, 5.74) is 0.675. The van der Waals surface area contributed by atoms with Gasteiger partial charge in [-0.3, -0.25) is 0 Å². The van der Waals surface area contributed by atoms with Gasteiger partial charge in [0.25, 0.3) is 0 Å². The molecule has 15 heavy (non-hydrogen) atoms. The third kappa shape index (κ3) is 2.24. The molecule has 2 heterocycles. The number of hydrogen-bond acceptors (Lipinski definition) is 4. The SMILES string of the molecule is CCCOCc1nnc2ccc(Cl)nn12. The molecule has 80 valence electrons. The lowest BCUT2D eigenvalue weighted by Crippen LogP contribution is -2.02. The van der Waals surface area contributed by atoms with Crippen LogP contribution in [0.4, 0.5) is 0 Å². The summed E-state index contributed by atoms with van der Waals surface area (Å²) in [6.45, 7) is 3.16. The van der Waals surface area contributed by atoms with E-state index in [0.29, 0.717) is 29.8 Å². The fraction of sp³-hybridized carbons (Fsp3) is 0.444. The van der Waals surface area contributed by atoms with Gasteiger partial charge in [-0.15, -0.1) is 10.2 Å². The Labute approximate surface area is 92.0 Å². The maximum Gasteiger partial charge on any atom is 0.180 e. The van der Waals surface area contributed by atoms with Crippen LogP contribution in [0.25, 0.3) is 5.65 Å². The summed E-state index contributed by atoms with van der Waals surface area (Å²) >= 11 is 5.78. The van der Waals surface area contributed by atoms with Crippen molar-refractivity contribution in [3.05, 3.63) is 23.1 Å². The molecule has 2 rings (SSSR count). The van der Waals surface area contributed by atoms with Crippen LogP contribution in [0.1, 0.15) is 19.2 Å². The molecule has 0 saturated carbocycles. The molecule has 0 saturated heterocycles. The summed E-state index contributed by atoms with van der Waals surface area (Å²) in [6.07, 6.45) is 0.977. The van der Waals surface area contributed by atoms with Gasteiger partial charge in [-0.1, -0.05) is 18.5 Å². The third-order valence-corrected chi connectivity index (χ3v) is 2.08. The van der Waals surface area contributed by atoms with E-state index in [-0.39, 0.29) is 0 Å². The Morgan fingerprint density at radius 2 is 2.27 bits per heavy atom. The molecule has 0 bridgehead atoms. The number of aromatic nitrogens is 4. The maximum atomic E-state index is 5.78. The third-order valence-electron chi connectivity index (χ3n) is 1.87. The van der Waals surface area contributed by atoms with Gasteiger partial charge in [0.15, 0.2) is 11.5 Å². The minimum atomic E-state index is 0.405. The first kappa shape index (κ1) is 10.3. The van der Waals surface area contributed by atoms with E-state index in [0.717, 1.165) is 6.42 Å². The maximum absolute atomic E-state index is 5.78. The van der Waals surface area contributed by atoms with Crippen LogP contribution < -0.4 is 0 Å². The molecule has 0 radical (unpaired) electrons. The highest BCUT2D eigenvalue weighted by molar-refractivity contribution is 6.29. The zero-order valence-electron chi connectivity index (χ0n) is 8.35. The Morgan fingerprint density at radius 1 is 1.40 bits per heavy atom. The van der Waals surface area contributed by atoms with E-state index in [1.165, 1.54) is 0 Å². The Balaban J connectivity index is 2.23. The molecule has 6 heteroatoms. The second kappa shape index (κ2) is 4.55. The molecule has 0 spiro atoms. The van der Waals surface area contributed by atoms with Gasteiger partial charge in [0.05, 0.1) is 0 Å². The number of halogens is 1. The van der Waals surface area contributed by atoms with Gasteiger partial charge in [0.1, 0.15) is 11.8 Å². The van der Waals surface area contributed by atoms with E-state index >= 15 is 0 Å². The zero-order chi connectivity index (χ0) is 10.7. The summed E-state index contributed by atoms with van der Waals surface area (Å²) in [5, 5.41) is 12.4. The molecule has 0 atom stereocenters. The van der Waals surface area contributed by atoms with Crippen LogP contribution in [0, 0.1) is 0 Å². The molecule has 2 aromatic heterocycles. The first-order chi connectivity index (χ1) is 7.31. The van der Waals surface area contributed by atoms with Crippen LogP contribution in [0.2, 0.25) is 5.15 Å². The van der Waals surface area contributed by atoms with E-state index in [2.05, 4.69) is 22.2 Å². The van der Waals surface area contributed by atoms with Crippen LogP contribution in [-0.4, -0.2) is 26.4 Å². The van der Waals surface area contributed by atoms with Crippen molar-refractivity contribution in [1.29, 1.82) is 0 Å². The van der Waals surface area contributed by atoms with Gasteiger partial charge in [-0.2, -0.15) is 9.61 Å². The molecule has 0 unspecified atom stereocenters. The number of rotatable bonds is 4. The molecular weight excluding hydrogens is 216 g/mol. The van der Waals surface area contributed by atoms with Gasteiger partial charge >= 0.3 is 0 Å². The van der Waals surface area contributed by atoms with Gasteiger partial charge < -0.3 is 4.74 Å². The number of fused-ring (bicyclic) bond motifs is 1. The first-order valence-electron chi connectivity index (χ1n) is 4.76. The normalized spacial score (nSPS) is 11.1. The van der Waals surface area contributed by atoms with Crippen LogP contribution in [-0.2, 0) is 11.3 Å². The second-order valence-electron chi connectivity index (χ2n) is 3.09. The molecule has 0 aliphatic rings. The predicted molar refractivity (Wildman–Crippen MR) is 55.7 cm³/mol. The number of hydrogen-bond donors (Lipinski definition) is 0. The topological polar surface area (TPSA) is 52.3 Å². The van der Waals surface area contributed by atoms with Crippen LogP contribution in [0.15, 0.2) is 12.1 Å². The average molecular weight is 227 g/mol. The van der Waals surface area contributed by atoms with Gasteiger partial charge in [-0.05, 0) is 18.6 Å². The molecule has 0 aromatic carbocycles. The molecule has 0 N–H and O–H groups in total. The van der Waals surface area contributed by atoms with E-state index < -0.39 is 0 Å². The predicted octanol–water partition coefficient (Wildman–Crippen LogP) is 1.70. The molecule has 5 nitrogen and oxygen atoms in total. The minimum absolute atomic E-state index is 0.405. The van der Waals surface area contributed by atoms with E-state index in [1.54, 1.807) is 16.6 Å². The van der Waals surface area contributed by atoms with Crippen LogP contribution in [0.3, 0.4) is 0 Å². The van der Waals surface area contributed by atoms with Crippen LogP contribution >= 0.6 is 11.6 Å². The smallest absolute Gasteiger partial charge is 0.180 e. The van der Waals surface area contributed by atoms with Crippen molar-refractivity contribution < 1.29 is 4.74 Å². The van der Waals surface area contributed by atoms with Crippen molar-refractivity contribution in [2.24, 2.45) is 0 Å². The summed E-state index contributed by atoms with van der Waals surface area (Å²) in [6, 6.07) is 3.45.